The Bertz CT molecular complexity index is 1400. The van der Waals surface area contributed by atoms with Crippen molar-refractivity contribution in [2.75, 3.05) is 29.0 Å². The Hall–Kier alpha value is -4.08. The van der Waals surface area contributed by atoms with Crippen LogP contribution in [0.2, 0.25) is 0 Å². The average Bonchev–Trinajstić information content (AvgIpc) is 3.18. The lowest BCUT2D eigenvalue weighted by atomic mass is 9.90. The maximum Gasteiger partial charge on any atom is 0.138 e. The van der Waals surface area contributed by atoms with Gasteiger partial charge in [0.15, 0.2) is 0 Å². The summed E-state index contributed by atoms with van der Waals surface area (Å²) >= 11 is 0. The van der Waals surface area contributed by atoms with E-state index in [4.69, 9.17) is 10.7 Å². The molecule has 0 saturated heterocycles. The Labute approximate surface area is 247 Å². The van der Waals surface area contributed by atoms with Gasteiger partial charge in [-0.25, -0.2) is 4.99 Å². The third-order valence-electron chi connectivity index (χ3n) is 7.38. The molecule has 0 aliphatic carbocycles. The molecule has 1 heterocycles. The number of hydrogen-bond acceptors (Lipinski definition) is 5. The molecule has 5 heteroatoms. The van der Waals surface area contributed by atoms with E-state index in [0.717, 1.165) is 83.2 Å². The van der Waals surface area contributed by atoms with E-state index < -0.39 is 0 Å². The molecule has 0 spiro atoms. The number of nitrogens with zero attached hydrogens (tertiary/aromatic N) is 3. The van der Waals surface area contributed by atoms with Crippen LogP contribution in [0.15, 0.2) is 100 Å². The van der Waals surface area contributed by atoms with Gasteiger partial charge >= 0.3 is 0 Å². The van der Waals surface area contributed by atoms with Gasteiger partial charge in [-0.05, 0) is 86.1 Å². The first kappa shape index (κ1) is 31.4. The lowest BCUT2D eigenvalue weighted by Gasteiger charge is -2.24. The van der Waals surface area contributed by atoms with Gasteiger partial charge in [-0.2, -0.15) is 0 Å². The number of nitrogen functional groups attached to an aromatic ring is 1. The molecular formula is C36H47N5. The number of amidine groups is 1. The summed E-state index contributed by atoms with van der Waals surface area (Å²) in [6.07, 6.45) is 10.6. The zero-order valence-electron chi connectivity index (χ0n) is 26.0. The fraction of sp³-hybridized carbons (Fsp3) is 0.361. The van der Waals surface area contributed by atoms with E-state index in [1.807, 2.05) is 36.6 Å². The molecular weight excluding hydrogens is 502 g/mol. The lowest BCUT2D eigenvalue weighted by Crippen LogP contribution is -2.24. The number of nitrogens with two attached hydrogens (primary N) is 1. The second-order valence-corrected chi connectivity index (χ2v) is 11.4. The highest BCUT2D eigenvalue weighted by Crippen LogP contribution is 2.33. The van der Waals surface area contributed by atoms with Gasteiger partial charge in [0.2, 0.25) is 0 Å². The molecule has 0 atom stereocenters. The molecule has 1 aliphatic heterocycles. The Morgan fingerprint density at radius 2 is 1.85 bits per heavy atom. The van der Waals surface area contributed by atoms with E-state index in [1.165, 1.54) is 5.69 Å². The second kappa shape index (κ2) is 14.5. The number of aliphatic imine (C=N–C) groups is 2. The Morgan fingerprint density at radius 3 is 2.49 bits per heavy atom. The zero-order chi connectivity index (χ0) is 30.0. The van der Waals surface area contributed by atoms with Gasteiger partial charge < -0.3 is 16.0 Å². The highest BCUT2D eigenvalue weighted by atomic mass is 15.1. The topological polar surface area (TPSA) is 66.0 Å². The quantitative estimate of drug-likeness (QED) is 0.127. The summed E-state index contributed by atoms with van der Waals surface area (Å²) in [7, 11) is 0. The first-order valence-electron chi connectivity index (χ1n) is 14.7. The van der Waals surface area contributed by atoms with Crippen LogP contribution in [0.1, 0.15) is 71.9 Å². The van der Waals surface area contributed by atoms with Crippen molar-refractivity contribution in [2.24, 2.45) is 15.4 Å². The number of anilines is 3. The Morgan fingerprint density at radius 1 is 1.12 bits per heavy atom. The molecule has 0 bridgehead atoms. The van der Waals surface area contributed by atoms with Crippen LogP contribution in [0.3, 0.4) is 0 Å². The molecule has 5 nitrogen and oxygen atoms in total. The van der Waals surface area contributed by atoms with Crippen molar-refractivity contribution in [1.29, 1.82) is 0 Å². The summed E-state index contributed by atoms with van der Waals surface area (Å²) in [4.78, 5) is 12.3. The molecule has 1 aliphatic rings. The third-order valence-corrected chi connectivity index (χ3v) is 7.38. The van der Waals surface area contributed by atoms with Crippen LogP contribution in [-0.4, -0.2) is 24.6 Å². The fourth-order valence-corrected chi connectivity index (χ4v) is 4.49. The van der Waals surface area contributed by atoms with E-state index in [2.05, 4.69) is 106 Å². The van der Waals surface area contributed by atoms with E-state index in [-0.39, 0.29) is 5.41 Å². The van der Waals surface area contributed by atoms with E-state index >= 15 is 0 Å². The largest absolute Gasteiger partial charge is 0.398 e. The van der Waals surface area contributed by atoms with Gasteiger partial charge in [0.25, 0.3) is 0 Å². The molecule has 0 aromatic heterocycles. The number of hydrogen-bond donors (Lipinski definition) is 2. The minimum atomic E-state index is -0.0587. The lowest BCUT2D eigenvalue weighted by molar-refractivity contribution is 0.588. The Balaban J connectivity index is 1.98. The third kappa shape index (κ3) is 8.45. The highest BCUT2D eigenvalue weighted by molar-refractivity contribution is 6.04. The molecule has 2 aromatic rings. The first-order chi connectivity index (χ1) is 19.6. The molecule has 0 unspecified atom stereocenters. The standard InChI is InChI=1S/C36H47N5/c1-9-12-25-41(24-10-2)30-19-17-29(18-20-30)40-34-21-16-28(22-23-38-34)31(11-3)35(39-27(5)36(6,7)8)32-14-13-15-33(37)26(32)4/h9,13-15,17-23H,1,10-12,24-25,37H2,2-8H3,(H,38,40)/b35-31+,39-27?. The maximum absolute atomic E-state index is 6.33. The van der Waals surface area contributed by atoms with Crippen molar-refractivity contribution in [3.63, 3.8) is 0 Å². The summed E-state index contributed by atoms with van der Waals surface area (Å²) < 4.78 is 0. The SMILES string of the molecule is C=CCCN(CCC)c1ccc(NC2=NC=CC(/C(CC)=C(/N=C(C)C(C)(C)C)c3cccc(N)c3C)=C=C2)cc1. The van der Waals surface area contributed by atoms with Gasteiger partial charge in [0, 0.05) is 59.3 Å². The van der Waals surface area contributed by atoms with Crippen molar-refractivity contribution in [3.8, 4) is 0 Å². The van der Waals surface area contributed by atoms with Crippen molar-refractivity contribution in [1.82, 2.24) is 0 Å². The van der Waals surface area contributed by atoms with E-state index in [9.17, 15) is 0 Å². The van der Waals surface area contributed by atoms with Crippen molar-refractivity contribution in [2.45, 2.75) is 67.7 Å². The summed E-state index contributed by atoms with van der Waals surface area (Å²) in [5.41, 5.74) is 18.9. The molecule has 3 N–H and O–H groups in total. The molecule has 3 rings (SSSR count). The highest BCUT2D eigenvalue weighted by Gasteiger charge is 2.19. The van der Waals surface area contributed by atoms with Gasteiger partial charge in [-0.15, -0.1) is 12.3 Å². The minimum Gasteiger partial charge on any atom is -0.398 e. The van der Waals surface area contributed by atoms with Crippen molar-refractivity contribution in [3.05, 3.63) is 101 Å². The molecule has 0 saturated carbocycles. The monoisotopic (exact) mass is 549 g/mol. The fourth-order valence-electron chi connectivity index (χ4n) is 4.49. The van der Waals surface area contributed by atoms with Gasteiger partial charge in [0.1, 0.15) is 5.84 Å². The van der Waals surface area contributed by atoms with Gasteiger partial charge in [-0.1, -0.05) is 52.8 Å². The Kier molecular flexibility index (Phi) is 11.1. The number of nitrogens with one attached hydrogen (secondary N) is 1. The number of rotatable bonds is 11. The summed E-state index contributed by atoms with van der Waals surface area (Å²) in [6, 6.07) is 14.6. The average molecular weight is 550 g/mol. The maximum atomic E-state index is 6.33. The van der Waals surface area contributed by atoms with Crippen LogP contribution in [0.5, 0.6) is 0 Å². The molecule has 0 amide bonds. The molecule has 0 radical (unpaired) electrons. The molecule has 2 aromatic carbocycles. The first-order valence-corrected chi connectivity index (χ1v) is 14.7. The predicted molar refractivity (Wildman–Crippen MR) is 181 cm³/mol. The van der Waals surface area contributed by atoms with Crippen LogP contribution in [0, 0.1) is 12.3 Å². The van der Waals surface area contributed by atoms with E-state index in [0.29, 0.717) is 0 Å². The van der Waals surface area contributed by atoms with Gasteiger partial charge in [0.05, 0.1) is 5.70 Å². The molecule has 41 heavy (non-hydrogen) atoms. The van der Waals surface area contributed by atoms with Crippen LogP contribution in [0.4, 0.5) is 17.1 Å². The summed E-state index contributed by atoms with van der Waals surface area (Å²) in [6.45, 7) is 21.0. The van der Waals surface area contributed by atoms with Crippen LogP contribution in [0.25, 0.3) is 5.70 Å². The zero-order valence-corrected chi connectivity index (χ0v) is 26.0. The van der Waals surface area contributed by atoms with E-state index in [1.54, 1.807) is 0 Å². The number of benzene rings is 2. The second-order valence-electron chi connectivity index (χ2n) is 11.4. The smallest absolute Gasteiger partial charge is 0.138 e. The number of allylic oxidation sites excluding steroid dienone is 2. The van der Waals surface area contributed by atoms with Crippen LogP contribution in [-0.2, 0) is 0 Å². The minimum absolute atomic E-state index is 0.0587. The van der Waals surface area contributed by atoms with Gasteiger partial charge in [-0.3, -0.25) is 4.99 Å². The summed E-state index contributed by atoms with van der Waals surface area (Å²) in [5.74, 6) is 0.729. The van der Waals surface area contributed by atoms with Crippen LogP contribution >= 0.6 is 0 Å². The predicted octanol–water partition coefficient (Wildman–Crippen LogP) is 9.12. The summed E-state index contributed by atoms with van der Waals surface area (Å²) in [5, 5.41) is 3.44. The molecule has 0 fully saturated rings. The molecule has 216 valence electrons. The van der Waals surface area contributed by atoms with Crippen molar-refractivity contribution >= 4 is 34.3 Å². The van der Waals surface area contributed by atoms with Crippen molar-refractivity contribution < 1.29 is 0 Å². The van der Waals surface area contributed by atoms with Crippen LogP contribution < -0.4 is 16.0 Å². The normalized spacial score (nSPS) is 14.2.